The van der Waals surface area contributed by atoms with Gasteiger partial charge in [-0.1, -0.05) is 0 Å². The molecule has 118 valence electrons. The number of aliphatic hydroxyl groups is 1. The zero-order chi connectivity index (χ0) is 15.8. The maximum absolute atomic E-state index is 13.9. The summed E-state index contributed by atoms with van der Waals surface area (Å²) in [5.74, 6) is -0.635. The van der Waals surface area contributed by atoms with Crippen molar-refractivity contribution in [1.29, 1.82) is 0 Å². The molecule has 1 aliphatic heterocycles. The normalized spacial score (nSPS) is 23.0. The molecule has 0 aromatic heterocycles. The lowest BCUT2D eigenvalue weighted by molar-refractivity contribution is 0.102. The first kappa shape index (κ1) is 16.4. The summed E-state index contributed by atoms with van der Waals surface area (Å²) < 4.78 is 46.0. The molecular weight excluding hydrogens is 297 g/mol. The van der Waals surface area contributed by atoms with Gasteiger partial charge in [0.05, 0.1) is 23.6 Å². The number of nitrogens with zero attached hydrogens (tertiary/aromatic N) is 1. The average molecular weight is 317 g/mol. The van der Waals surface area contributed by atoms with Crippen LogP contribution in [0.15, 0.2) is 17.0 Å². The summed E-state index contributed by atoms with van der Waals surface area (Å²) in [7, 11) is -2.36. The molecule has 2 atom stereocenters. The van der Waals surface area contributed by atoms with Crippen molar-refractivity contribution in [2.75, 3.05) is 13.7 Å². The van der Waals surface area contributed by atoms with Crippen LogP contribution in [0.1, 0.15) is 24.5 Å². The highest BCUT2D eigenvalue weighted by Gasteiger charge is 2.36. The van der Waals surface area contributed by atoms with Crippen molar-refractivity contribution in [1.82, 2.24) is 4.31 Å². The van der Waals surface area contributed by atoms with Crippen LogP contribution >= 0.6 is 0 Å². The molecule has 1 aliphatic rings. The van der Waals surface area contributed by atoms with Gasteiger partial charge in [-0.25, -0.2) is 12.8 Å². The van der Waals surface area contributed by atoms with E-state index in [9.17, 15) is 12.8 Å². The summed E-state index contributed by atoms with van der Waals surface area (Å²) in [5.41, 5.74) is 0.298. The number of hydrogen-bond acceptors (Lipinski definition) is 4. The molecule has 1 aromatic rings. The monoisotopic (exact) mass is 317 g/mol. The van der Waals surface area contributed by atoms with Crippen molar-refractivity contribution in [3.63, 3.8) is 0 Å². The van der Waals surface area contributed by atoms with E-state index in [0.29, 0.717) is 13.0 Å². The molecular formula is C14H20FNO4S. The first-order valence-corrected chi connectivity index (χ1v) is 8.22. The van der Waals surface area contributed by atoms with Gasteiger partial charge in [-0.15, -0.1) is 0 Å². The van der Waals surface area contributed by atoms with E-state index in [0.717, 1.165) is 6.07 Å². The maximum Gasteiger partial charge on any atom is 0.243 e. The Balaban J connectivity index is 2.46. The van der Waals surface area contributed by atoms with Crippen LogP contribution in [0.2, 0.25) is 0 Å². The molecule has 2 unspecified atom stereocenters. The third-order valence-corrected chi connectivity index (χ3v) is 6.01. The molecule has 0 saturated carbocycles. The summed E-state index contributed by atoms with van der Waals surface area (Å²) in [6.45, 7) is 3.34. The fourth-order valence-electron chi connectivity index (χ4n) is 2.60. The molecule has 0 radical (unpaired) electrons. The van der Waals surface area contributed by atoms with Crippen LogP contribution in [-0.2, 0) is 21.4 Å². The minimum absolute atomic E-state index is 0.0608. The van der Waals surface area contributed by atoms with Gasteiger partial charge in [-0.05, 0) is 38.0 Å². The molecule has 0 amide bonds. The van der Waals surface area contributed by atoms with Crippen molar-refractivity contribution in [3.8, 4) is 0 Å². The van der Waals surface area contributed by atoms with Crippen molar-refractivity contribution < 1.29 is 22.7 Å². The number of ether oxygens (including phenoxy) is 1. The first-order valence-electron chi connectivity index (χ1n) is 6.78. The van der Waals surface area contributed by atoms with E-state index in [2.05, 4.69) is 0 Å². The molecule has 0 bridgehead atoms. The second kappa shape index (κ2) is 6.00. The summed E-state index contributed by atoms with van der Waals surface area (Å²) >= 11 is 0. The fourth-order valence-corrected chi connectivity index (χ4v) is 4.33. The molecule has 5 nitrogen and oxygen atoms in total. The summed E-state index contributed by atoms with van der Waals surface area (Å²) in [6, 6.07) is 2.20. The minimum atomic E-state index is -3.84. The van der Waals surface area contributed by atoms with E-state index in [1.54, 1.807) is 0 Å². The second-order valence-corrected chi connectivity index (χ2v) is 7.28. The molecule has 0 spiro atoms. The van der Waals surface area contributed by atoms with Gasteiger partial charge in [-0.2, -0.15) is 4.31 Å². The highest BCUT2D eigenvalue weighted by molar-refractivity contribution is 7.89. The van der Waals surface area contributed by atoms with Crippen molar-refractivity contribution in [3.05, 3.63) is 29.1 Å². The quantitative estimate of drug-likeness (QED) is 0.912. The predicted octanol–water partition coefficient (Wildman–Crippen LogP) is 1.42. The molecule has 0 aliphatic carbocycles. The third kappa shape index (κ3) is 2.96. The van der Waals surface area contributed by atoms with Gasteiger partial charge >= 0.3 is 0 Å². The molecule has 21 heavy (non-hydrogen) atoms. The first-order chi connectivity index (χ1) is 9.78. The molecule has 1 heterocycles. The standard InChI is InChI=1S/C14H20FNO4S/c1-9-12(15)6-11(8-17)7-14(9)21(18,19)16(3)13-4-5-20-10(13)2/h6-7,10,13,17H,4-5,8H2,1-3H3. The van der Waals surface area contributed by atoms with Gasteiger partial charge in [-0.3, -0.25) is 0 Å². The lowest BCUT2D eigenvalue weighted by atomic mass is 10.1. The third-order valence-electron chi connectivity index (χ3n) is 4.00. The predicted molar refractivity (Wildman–Crippen MR) is 75.8 cm³/mol. The molecule has 2 rings (SSSR count). The zero-order valence-corrected chi connectivity index (χ0v) is 13.2. The summed E-state index contributed by atoms with van der Waals surface area (Å²) in [6.07, 6.45) is 0.411. The Morgan fingerprint density at radius 3 is 2.67 bits per heavy atom. The van der Waals surface area contributed by atoms with Crippen molar-refractivity contribution in [2.24, 2.45) is 0 Å². The van der Waals surface area contributed by atoms with Crippen LogP contribution in [0.3, 0.4) is 0 Å². The summed E-state index contributed by atoms with van der Waals surface area (Å²) in [5, 5.41) is 9.14. The van der Waals surface area contributed by atoms with E-state index in [1.165, 1.54) is 24.3 Å². The van der Waals surface area contributed by atoms with E-state index in [4.69, 9.17) is 9.84 Å². The van der Waals surface area contributed by atoms with E-state index >= 15 is 0 Å². The van der Waals surface area contributed by atoms with Gasteiger partial charge in [0, 0.05) is 19.2 Å². The maximum atomic E-state index is 13.9. The lowest BCUT2D eigenvalue weighted by Gasteiger charge is -2.27. The van der Waals surface area contributed by atoms with Gasteiger partial charge in [0.2, 0.25) is 10.0 Å². The van der Waals surface area contributed by atoms with E-state index < -0.39 is 22.4 Å². The van der Waals surface area contributed by atoms with Crippen LogP contribution in [0.4, 0.5) is 4.39 Å². The number of rotatable bonds is 4. The van der Waals surface area contributed by atoms with Crippen LogP contribution in [0.25, 0.3) is 0 Å². The van der Waals surface area contributed by atoms with Crippen molar-refractivity contribution in [2.45, 2.75) is 43.9 Å². The largest absolute Gasteiger partial charge is 0.392 e. The minimum Gasteiger partial charge on any atom is -0.392 e. The Labute approximate surface area is 124 Å². The Bertz CT molecular complexity index is 632. The molecule has 7 heteroatoms. The molecule has 1 aromatic carbocycles. The van der Waals surface area contributed by atoms with Gasteiger partial charge in [0.1, 0.15) is 5.82 Å². The van der Waals surface area contributed by atoms with Crippen LogP contribution in [0.5, 0.6) is 0 Å². The Morgan fingerprint density at radius 1 is 1.48 bits per heavy atom. The second-order valence-electron chi connectivity index (χ2n) is 5.31. The smallest absolute Gasteiger partial charge is 0.243 e. The number of halogens is 1. The molecule has 1 fully saturated rings. The van der Waals surface area contributed by atoms with Gasteiger partial charge < -0.3 is 9.84 Å². The van der Waals surface area contributed by atoms with Crippen LogP contribution in [0, 0.1) is 12.7 Å². The van der Waals surface area contributed by atoms with E-state index in [-0.39, 0.29) is 28.2 Å². The fraction of sp³-hybridized carbons (Fsp3) is 0.571. The van der Waals surface area contributed by atoms with Gasteiger partial charge in [0.15, 0.2) is 0 Å². The Morgan fingerprint density at radius 2 is 2.14 bits per heavy atom. The number of hydrogen-bond donors (Lipinski definition) is 1. The SMILES string of the molecule is Cc1c(F)cc(CO)cc1S(=O)(=O)N(C)C1CCOC1C. The van der Waals surface area contributed by atoms with Crippen LogP contribution in [-0.4, -0.2) is 43.6 Å². The van der Waals surface area contributed by atoms with E-state index in [1.807, 2.05) is 6.92 Å². The average Bonchev–Trinajstić information content (AvgIpc) is 2.86. The zero-order valence-electron chi connectivity index (χ0n) is 12.3. The number of benzene rings is 1. The number of aliphatic hydroxyl groups excluding tert-OH is 1. The highest BCUT2D eigenvalue weighted by Crippen LogP contribution is 2.28. The lowest BCUT2D eigenvalue weighted by Crippen LogP contribution is -2.41. The Kier molecular flexibility index (Phi) is 4.67. The highest BCUT2D eigenvalue weighted by atomic mass is 32.2. The van der Waals surface area contributed by atoms with Crippen LogP contribution < -0.4 is 0 Å². The number of likely N-dealkylation sites (N-methyl/N-ethyl adjacent to an activating group) is 1. The van der Waals surface area contributed by atoms with Crippen molar-refractivity contribution >= 4 is 10.0 Å². The Hall–Kier alpha value is -1.02. The molecule has 1 N–H and O–H groups in total. The van der Waals surface area contributed by atoms with Gasteiger partial charge in [0.25, 0.3) is 0 Å². The summed E-state index contributed by atoms with van der Waals surface area (Å²) in [4.78, 5) is -0.104. The number of sulfonamides is 1. The molecule has 1 saturated heterocycles. The topological polar surface area (TPSA) is 66.8 Å².